The van der Waals surface area contributed by atoms with Gasteiger partial charge in [-0.25, -0.2) is 4.98 Å². The molecule has 25 heavy (non-hydrogen) atoms. The summed E-state index contributed by atoms with van der Waals surface area (Å²) in [6.07, 6.45) is 2.35. The molecule has 0 unspecified atom stereocenters. The molecule has 3 aromatic rings. The van der Waals surface area contributed by atoms with Crippen molar-refractivity contribution in [3.05, 3.63) is 35.7 Å². The summed E-state index contributed by atoms with van der Waals surface area (Å²) in [6, 6.07) is 5.06. The summed E-state index contributed by atoms with van der Waals surface area (Å²) < 4.78 is 10.5. The Labute approximate surface area is 143 Å². The number of amides is 2. The van der Waals surface area contributed by atoms with Crippen LogP contribution in [-0.4, -0.2) is 35.0 Å². The van der Waals surface area contributed by atoms with E-state index in [1.165, 1.54) is 6.26 Å². The third-order valence-electron chi connectivity index (χ3n) is 3.62. The summed E-state index contributed by atoms with van der Waals surface area (Å²) in [7, 11) is 0. The zero-order valence-electron chi connectivity index (χ0n) is 14.0. The van der Waals surface area contributed by atoms with Crippen molar-refractivity contribution in [1.29, 1.82) is 0 Å². The maximum Gasteiger partial charge on any atom is 0.259 e. The lowest BCUT2D eigenvalue weighted by Crippen LogP contribution is -2.37. The minimum atomic E-state index is -0.404. The van der Waals surface area contributed by atoms with Crippen molar-refractivity contribution < 1.29 is 18.5 Å². The molecule has 8 heteroatoms. The first-order valence-electron chi connectivity index (χ1n) is 7.96. The van der Waals surface area contributed by atoms with Gasteiger partial charge in [0.25, 0.3) is 11.6 Å². The molecule has 130 valence electrons. The minimum Gasteiger partial charge on any atom is -0.463 e. The van der Waals surface area contributed by atoms with Gasteiger partial charge in [-0.3, -0.25) is 9.59 Å². The number of rotatable bonds is 6. The van der Waals surface area contributed by atoms with Crippen LogP contribution in [0.3, 0.4) is 0 Å². The van der Waals surface area contributed by atoms with E-state index in [1.807, 2.05) is 6.92 Å². The lowest BCUT2D eigenvalue weighted by Gasteiger charge is -2.08. The van der Waals surface area contributed by atoms with Gasteiger partial charge < -0.3 is 19.6 Å². The number of nitrogens with zero attached hydrogens (tertiary/aromatic N) is 2. The Bertz CT molecular complexity index is 899. The lowest BCUT2D eigenvalue weighted by molar-refractivity contribution is -0.120. The number of carbonyl (C=O) groups excluding carboxylic acids is 2. The fourth-order valence-electron chi connectivity index (χ4n) is 2.41. The van der Waals surface area contributed by atoms with E-state index in [4.69, 9.17) is 8.94 Å². The molecular weight excluding hydrogens is 324 g/mol. The minimum absolute atomic E-state index is 0.108. The molecule has 0 saturated carbocycles. The molecule has 3 rings (SSSR count). The largest absolute Gasteiger partial charge is 0.463 e. The van der Waals surface area contributed by atoms with Crippen molar-refractivity contribution in [2.24, 2.45) is 0 Å². The molecule has 0 saturated heterocycles. The van der Waals surface area contributed by atoms with Crippen LogP contribution in [0, 0.1) is 6.92 Å². The van der Waals surface area contributed by atoms with Gasteiger partial charge in [-0.1, -0.05) is 12.1 Å². The standard InChI is InChI=1S/C17H18N4O4/c1-3-6-18-14(22)9-19-16(23)11-8-12(13-5-4-7-24-13)20-17-15(11)10(2)21-25-17/h4-5,7-8H,3,6,9H2,1-2H3,(H,18,22)(H,19,23). The SMILES string of the molecule is CCCNC(=O)CNC(=O)c1cc(-c2ccco2)nc2onc(C)c12. The van der Waals surface area contributed by atoms with Gasteiger partial charge >= 0.3 is 0 Å². The van der Waals surface area contributed by atoms with Gasteiger partial charge in [0.15, 0.2) is 5.76 Å². The van der Waals surface area contributed by atoms with Crippen LogP contribution in [0.15, 0.2) is 33.4 Å². The second kappa shape index (κ2) is 7.16. The summed E-state index contributed by atoms with van der Waals surface area (Å²) in [6.45, 7) is 4.15. The van der Waals surface area contributed by atoms with Gasteiger partial charge in [-0.2, -0.15) is 0 Å². The Morgan fingerprint density at radius 3 is 2.84 bits per heavy atom. The molecule has 0 radical (unpaired) electrons. The van der Waals surface area contributed by atoms with E-state index in [0.717, 1.165) is 6.42 Å². The zero-order valence-corrected chi connectivity index (χ0v) is 14.0. The Kier molecular flexibility index (Phi) is 4.78. The quantitative estimate of drug-likeness (QED) is 0.709. The van der Waals surface area contributed by atoms with Crippen molar-refractivity contribution in [2.75, 3.05) is 13.1 Å². The number of nitrogens with one attached hydrogen (secondary N) is 2. The maximum absolute atomic E-state index is 12.6. The molecule has 0 spiro atoms. The lowest BCUT2D eigenvalue weighted by atomic mass is 10.1. The van der Waals surface area contributed by atoms with Crippen LogP contribution in [-0.2, 0) is 4.79 Å². The number of carbonyl (C=O) groups is 2. The van der Waals surface area contributed by atoms with E-state index in [2.05, 4.69) is 20.8 Å². The number of aromatic nitrogens is 2. The molecule has 0 bridgehead atoms. The van der Waals surface area contributed by atoms with Crippen molar-refractivity contribution in [3.63, 3.8) is 0 Å². The highest BCUT2D eigenvalue weighted by Crippen LogP contribution is 2.27. The monoisotopic (exact) mass is 342 g/mol. The van der Waals surface area contributed by atoms with Crippen molar-refractivity contribution in [3.8, 4) is 11.5 Å². The second-order valence-electron chi connectivity index (χ2n) is 5.51. The molecule has 2 amide bonds. The molecule has 8 nitrogen and oxygen atoms in total. The predicted octanol–water partition coefficient (Wildman–Crippen LogP) is 2.05. The first-order chi connectivity index (χ1) is 12.1. The number of hydrogen-bond donors (Lipinski definition) is 2. The van der Waals surface area contributed by atoms with Crippen molar-refractivity contribution >= 4 is 22.9 Å². The molecule has 0 fully saturated rings. The summed E-state index contributed by atoms with van der Waals surface area (Å²) in [5.41, 5.74) is 1.58. The van der Waals surface area contributed by atoms with Crippen molar-refractivity contribution in [1.82, 2.24) is 20.8 Å². The molecule has 0 aliphatic carbocycles. The second-order valence-corrected chi connectivity index (χ2v) is 5.51. The third kappa shape index (κ3) is 3.52. The molecule has 0 aromatic carbocycles. The summed E-state index contributed by atoms with van der Waals surface area (Å²) in [5, 5.41) is 9.70. The predicted molar refractivity (Wildman–Crippen MR) is 89.9 cm³/mol. The average Bonchev–Trinajstić information content (AvgIpc) is 3.27. The maximum atomic E-state index is 12.6. The molecule has 3 aromatic heterocycles. The normalized spacial score (nSPS) is 10.8. The van der Waals surface area contributed by atoms with E-state index in [1.54, 1.807) is 25.1 Å². The van der Waals surface area contributed by atoms with Crippen LogP contribution in [0.4, 0.5) is 0 Å². The molecule has 0 atom stereocenters. The van der Waals surface area contributed by atoms with Gasteiger partial charge in [0.2, 0.25) is 5.91 Å². The number of pyridine rings is 1. The van der Waals surface area contributed by atoms with Crippen LogP contribution in [0.5, 0.6) is 0 Å². The summed E-state index contributed by atoms with van der Waals surface area (Å²) in [4.78, 5) is 28.6. The van der Waals surface area contributed by atoms with Crippen LogP contribution in [0.1, 0.15) is 29.4 Å². The zero-order chi connectivity index (χ0) is 17.8. The topological polar surface area (TPSA) is 110 Å². The highest BCUT2D eigenvalue weighted by atomic mass is 16.5. The Morgan fingerprint density at radius 2 is 2.12 bits per heavy atom. The first-order valence-corrected chi connectivity index (χ1v) is 7.96. The summed E-state index contributed by atoms with van der Waals surface area (Å²) in [5.74, 6) is -0.141. The van der Waals surface area contributed by atoms with E-state index in [9.17, 15) is 9.59 Å². The number of furan rings is 1. The first kappa shape index (κ1) is 16.7. The van der Waals surface area contributed by atoms with E-state index in [0.29, 0.717) is 34.6 Å². The van der Waals surface area contributed by atoms with Crippen LogP contribution >= 0.6 is 0 Å². The Hall–Kier alpha value is -3.16. The summed E-state index contributed by atoms with van der Waals surface area (Å²) >= 11 is 0. The number of hydrogen-bond acceptors (Lipinski definition) is 6. The van der Waals surface area contributed by atoms with Gasteiger partial charge in [0, 0.05) is 6.54 Å². The van der Waals surface area contributed by atoms with Gasteiger partial charge in [0.05, 0.1) is 29.5 Å². The van der Waals surface area contributed by atoms with Gasteiger partial charge in [-0.05, 0) is 31.5 Å². The number of fused-ring (bicyclic) bond motifs is 1. The molecular formula is C17H18N4O4. The van der Waals surface area contributed by atoms with Crippen LogP contribution < -0.4 is 10.6 Å². The highest BCUT2D eigenvalue weighted by Gasteiger charge is 2.20. The van der Waals surface area contributed by atoms with Gasteiger partial charge in [-0.15, -0.1) is 0 Å². The molecule has 3 heterocycles. The van der Waals surface area contributed by atoms with Gasteiger partial charge in [0.1, 0.15) is 5.69 Å². The molecule has 0 aliphatic rings. The Morgan fingerprint density at radius 1 is 1.28 bits per heavy atom. The fourth-order valence-corrected chi connectivity index (χ4v) is 2.41. The Balaban J connectivity index is 1.89. The van der Waals surface area contributed by atoms with Crippen LogP contribution in [0.2, 0.25) is 0 Å². The van der Waals surface area contributed by atoms with E-state index in [-0.39, 0.29) is 18.2 Å². The smallest absolute Gasteiger partial charge is 0.259 e. The third-order valence-corrected chi connectivity index (χ3v) is 3.62. The highest BCUT2D eigenvalue weighted by molar-refractivity contribution is 6.07. The van der Waals surface area contributed by atoms with Crippen LogP contribution in [0.25, 0.3) is 22.6 Å². The van der Waals surface area contributed by atoms with Crippen molar-refractivity contribution in [2.45, 2.75) is 20.3 Å². The average molecular weight is 342 g/mol. The fraction of sp³-hybridized carbons (Fsp3) is 0.294. The number of aryl methyl sites for hydroxylation is 1. The van der Waals surface area contributed by atoms with E-state index < -0.39 is 5.91 Å². The molecule has 0 aliphatic heterocycles. The van der Waals surface area contributed by atoms with E-state index >= 15 is 0 Å². The molecule has 2 N–H and O–H groups in total.